The van der Waals surface area contributed by atoms with Gasteiger partial charge < -0.3 is 5.32 Å². The Morgan fingerprint density at radius 2 is 1.87 bits per heavy atom. The summed E-state index contributed by atoms with van der Waals surface area (Å²) in [6.45, 7) is 0.985. The highest BCUT2D eigenvalue weighted by Gasteiger charge is 2.22. The van der Waals surface area contributed by atoms with Gasteiger partial charge >= 0.3 is 0 Å². The van der Waals surface area contributed by atoms with Gasteiger partial charge in [-0.25, -0.2) is 4.68 Å². The van der Waals surface area contributed by atoms with E-state index in [0.29, 0.717) is 0 Å². The second kappa shape index (κ2) is 6.16. The van der Waals surface area contributed by atoms with Crippen LogP contribution in [-0.4, -0.2) is 21.3 Å². The minimum absolute atomic E-state index is 0.985. The minimum atomic E-state index is 0.985. The molecule has 1 aromatic carbocycles. The van der Waals surface area contributed by atoms with E-state index in [0.717, 1.165) is 40.2 Å². The van der Waals surface area contributed by atoms with E-state index in [4.69, 9.17) is 5.10 Å². The van der Waals surface area contributed by atoms with Gasteiger partial charge in [-0.3, -0.25) is 4.98 Å². The summed E-state index contributed by atoms with van der Waals surface area (Å²) < 4.78 is 3.07. The van der Waals surface area contributed by atoms with E-state index in [1.165, 1.54) is 18.4 Å². The number of nitrogens with one attached hydrogen (secondary N) is 1. The van der Waals surface area contributed by atoms with Crippen LogP contribution in [0.25, 0.3) is 16.9 Å². The lowest BCUT2D eigenvalue weighted by atomic mass is 10.0. The fourth-order valence-electron chi connectivity index (χ4n) is 3.04. The smallest absolute Gasteiger partial charge is 0.133 e. The third kappa shape index (κ3) is 2.65. The number of aromatic nitrogens is 3. The fourth-order valence-corrected chi connectivity index (χ4v) is 3.49. The summed E-state index contributed by atoms with van der Waals surface area (Å²) in [6.07, 6.45) is 7.05. The van der Waals surface area contributed by atoms with Crippen molar-refractivity contribution in [3.05, 3.63) is 58.8 Å². The van der Waals surface area contributed by atoms with Crippen molar-refractivity contribution >= 4 is 21.7 Å². The highest BCUT2D eigenvalue weighted by Crippen LogP contribution is 2.35. The van der Waals surface area contributed by atoms with Gasteiger partial charge in [0.15, 0.2) is 0 Å². The maximum atomic E-state index is 4.93. The molecule has 23 heavy (non-hydrogen) atoms. The maximum absolute atomic E-state index is 4.93. The van der Waals surface area contributed by atoms with Crippen molar-refractivity contribution in [2.45, 2.75) is 19.3 Å². The summed E-state index contributed by atoms with van der Waals surface area (Å²) in [5.41, 5.74) is 4.52. The first kappa shape index (κ1) is 14.5. The number of halogens is 1. The SMILES string of the molecule is Brc1ccccc1-n1nc(-c2ccncc2)c2c1NCCCC2. The summed E-state index contributed by atoms with van der Waals surface area (Å²) in [5.74, 6) is 1.11. The summed E-state index contributed by atoms with van der Waals surface area (Å²) in [6, 6.07) is 12.2. The standard InChI is InChI=1S/C18H17BrN4/c19-15-6-1-2-7-16(15)23-18-14(5-3-4-10-21-18)17(22-23)13-8-11-20-12-9-13/h1-2,6-9,11-12,21H,3-5,10H2. The molecule has 4 nitrogen and oxygen atoms in total. The molecule has 0 aliphatic carbocycles. The Balaban J connectivity index is 1.94. The number of anilines is 1. The molecule has 3 aromatic rings. The highest BCUT2D eigenvalue weighted by molar-refractivity contribution is 9.10. The zero-order valence-corrected chi connectivity index (χ0v) is 14.3. The van der Waals surface area contributed by atoms with Gasteiger partial charge in [-0.05, 0) is 59.5 Å². The lowest BCUT2D eigenvalue weighted by molar-refractivity contribution is 0.780. The first-order chi connectivity index (χ1) is 11.3. The van der Waals surface area contributed by atoms with Gasteiger partial charge in [-0.1, -0.05) is 12.1 Å². The Labute approximate surface area is 143 Å². The van der Waals surface area contributed by atoms with Crippen molar-refractivity contribution < 1.29 is 0 Å². The number of pyridine rings is 1. The molecule has 0 bridgehead atoms. The largest absolute Gasteiger partial charge is 0.370 e. The first-order valence-corrected chi connectivity index (χ1v) is 8.65. The van der Waals surface area contributed by atoms with Crippen LogP contribution in [0.15, 0.2) is 53.3 Å². The van der Waals surface area contributed by atoms with Crippen LogP contribution in [0.4, 0.5) is 5.82 Å². The van der Waals surface area contributed by atoms with Crippen LogP contribution in [-0.2, 0) is 6.42 Å². The number of benzene rings is 1. The number of para-hydroxylation sites is 1. The van der Waals surface area contributed by atoms with Gasteiger partial charge in [-0.2, -0.15) is 5.10 Å². The highest BCUT2D eigenvalue weighted by atomic mass is 79.9. The Bertz CT molecular complexity index is 826. The number of rotatable bonds is 2. The van der Waals surface area contributed by atoms with E-state index >= 15 is 0 Å². The quantitative estimate of drug-likeness (QED) is 0.726. The summed E-state index contributed by atoms with van der Waals surface area (Å²) in [4.78, 5) is 4.12. The Morgan fingerprint density at radius 3 is 2.70 bits per heavy atom. The predicted molar refractivity (Wildman–Crippen MR) is 95.9 cm³/mol. The molecule has 4 rings (SSSR count). The van der Waals surface area contributed by atoms with Crippen molar-refractivity contribution in [3.8, 4) is 16.9 Å². The molecular weight excluding hydrogens is 352 g/mol. The Hall–Kier alpha value is -2.14. The molecule has 0 radical (unpaired) electrons. The predicted octanol–water partition coefficient (Wildman–Crippen LogP) is 4.45. The second-order valence-electron chi connectivity index (χ2n) is 5.66. The number of hydrogen-bond donors (Lipinski definition) is 1. The van der Waals surface area contributed by atoms with E-state index in [-0.39, 0.29) is 0 Å². The van der Waals surface area contributed by atoms with E-state index < -0.39 is 0 Å². The average molecular weight is 369 g/mol. The minimum Gasteiger partial charge on any atom is -0.370 e. The third-order valence-electron chi connectivity index (χ3n) is 4.16. The molecule has 0 spiro atoms. The van der Waals surface area contributed by atoms with Crippen LogP contribution in [0.3, 0.4) is 0 Å². The average Bonchev–Trinajstić information content (AvgIpc) is 2.78. The molecule has 0 unspecified atom stereocenters. The summed E-state index contributed by atoms with van der Waals surface area (Å²) in [5, 5.41) is 8.50. The van der Waals surface area contributed by atoms with Crippen LogP contribution in [0.1, 0.15) is 18.4 Å². The summed E-state index contributed by atoms with van der Waals surface area (Å²) in [7, 11) is 0. The third-order valence-corrected chi connectivity index (χ3v) is 4.83. The maximum Gasteiger partial charge on any atom is 0.133 e. The van der Waals surface area contributed by atoms with Crippen molar-refractivity contribution in [2.75, 3.05) is 11.9 Å². The van der Waals surface area contributed by atoms with Crippen LogP contribution in [0, 0.1) is 0 Å². The fraction of sp³-hybridized carbons (Fsp3) is 0.222. The first-order valence-electron chi connectivity index (χ1n) is 7.85. The molecule has 0 atom stereocenters. The molecule has 0 amide bonds. The van der Waals surface area contributed by atoms with Crippen molar-refractivity contribution in [2.24, 2.45) is 0 Å². The van der Waals surface area contributed by atoms with Crippen LogP contribution < -0.4 is 5.32 Å². The number of nitrogens with zero attached hydrogens (tertiary/aromatic N) is 3. The number of hydrogen-bond acceptors (Lipinski definition) is 3. The van der Waals surface area contributed by atoms with E-state index in [2.05, 4.69) is 32.3 Å². The summed E-state index contributed by atoms with van der Waals surface area (Å²) >= 11 is 3.65. The molecule has 0 fully saturated rings. The van der Waals surface area contributed by atoms with Gasteiger partial charge in [-0.15, -0.1) is 0 Å². The van der Waals surface area contributed by atoms with Gasteiger partial charge in [0.25, 0.3) is 0 Å². The van der Waals surface area contributed by atoms with E-state index in [1.54, 1.807) is 0 Å². The van der Waals surface area contributed by atoms with Gasteiger partial charge in [0.1, 0.15) is 5.82 Å². The van der Waals surface area contributed by atoms with Crippen molar-refractivity contribution in [3.63, 3.8) is 0 Å². The zero-order chi connectivity index (χ0) is 15.6. The van der Waals surface area contributed by atoms with E-state index in [1.807, 2.05) is 47.4 Å². The van der Waals surface area contributed by atoms with Gasteiger partial charge in [0, 0.05) is 34.5 Å². The lowest BCUT2D eigenvalue weighted by Gasteiger charge is -2.10. The second-order valence-corrected chi connectivity index (χ2v) is 6.51. The van der Waals surface area contributed by atoms with Gasteiger partial charge in [0.2, 0.25) is 0 Å². The Kier molecular flexibility index (Phi) is 3.87. The molecule has 0 saturated carbocycles. The Morgan fingerprint density at radius 1 is 1.04 bits per heavy atom. The number of fused-ring (bicyclic) bond motifs is 1. The molecule has 1 aliphatic heterocycles. The van der Waals surface area contributed by atoms with Crippen LogP contribution >= 0.6 is 15.9 Å². The van der Waals surface area contributed by atoms with Crippen molar-refractivity contribution in [1.29, 1.82) is 0 Å². The van der Waals surface area contributed by atoms with Crippen LogP contribution in [0.5, 0.6) is 0 Å². The lowest BCUT2D eigenvalue weighted by Crippen LogP contribution is -2.07. The molecule has 1 N–H and O–H groups in total. The molecule has 0 saturated heterocycles. The van der Waals surface area contributed by atoms with Crippen LogP contribution in [0.2, 0.25) is 0 Å². The molecule has 2 aromatic heterocycles. The monoisotopic (exact) mass is 368 g/mol. The normalized spacial score (nSPS) is 14.0. The molecule has 3 heterocycles. The molecule has 116 valence electrons. The molecule has 1 aliphatic rings. The van der Waals surface area contributed by atoms with Crippen molar-refractivity contribution in [1.82, 2.24) is 14.8 Å². The van der Waals surface area contributed by atoms with Gasteiger partial charge in [0.05, 0.1) is 11.4 Å². The topological polar surface area (TPSA) is 42.7 Å². The molecule has 5 heteroatoms. The molecular formula is C18H17BrN4. The van der Waals surface area contributed by atoms with E-state index in [9.17, 15) is 0 Å². The zero-order valence-electron chi connectivity index (χ0n) is 12.7.